The van der Waals surface area contributed by atoms with Crippen LogP contribution >= 0.6 is 12.4 Å². The Labute approximate surface area is 178 Å². The molecule has 0 spiro atoms. The fourth-order valence-corrected chi connectivity index (χ4v) is 5.39. The summed E-state index contributed by atoms with van der Waals surface area (Å²) in [4.78, 5) is 14.9. The number of hydrogen-bond donors (Lipinski definition) is 1. The highest BCUT2D eigenvalue weighted by Gasteiger charge is 2.30. The standard InChI is InChI=1S/C21H25N3O3S.ClH/c1-16-14-22-10-12-24(16)21(25)18-7-4-8-20(13-18)28(26,27)23-11-9-17-5-2-3-6-19(17)15-23;/h2-8,13,16,22H,9-12,14-15H2,1H3;1H/t16-;/m1./s1. The number of piperazine rings is 1. The van der Waals surface area contributed by atoms with Crippen molar-refractivity contribution in [3.05, 3.63) is 65.2 Å². The summed E-state index contributed by atoms with van der Waals surface area (Å²) in [6, 6.07) is 14.5. The Morgan fingerprint density at radius 2 is 1.83 bits per heavy atom. The van der Waals surface area contributed by atoms with Crippen molar-refractivity contribution in [3.8, 4) is 0 Å². The van der Waals surface area contributed by atoms with Crippen LogP contribution in [-0.2, 0) is 23.0 Å². The smallest absolute Gasteiger partial charge is 0.254 e. The molecule has 0 aromatic heterocycles. The minimum atomic E-state index is -3.65. The Morgan fingerprint density at radius 3 is 2.59 bits per heavy atom. The van der Waals surface area contributed by atoms with Gasteiger partial charge in [0, 0.05) is 44.3 Å². The van der Waals surface area contributed by atoms with E-state index in [1.54, 1.807) is 23.1 Å². The number of amides is 1. The first kappa shape index (κ1) is 21.8. The second-order valence-corrected chi connectivity index (χ2v) is 9.37. The second-order valence-electron chi connectivity index (χ2n) is 7.44. The molecule has 0 unspecified atom stereocenters. The molecule has 2 aliphatic rings. The summed E-state index contributed by atoms with van der Waals surface area (Å²) in [6.45, 7) is 4.94. The van der Waals surface area contributed by atoms with Crippen molar-refractivity contribution >= 4 is 28.3 Å². The Bertz CT molecular complexity index is 996. The monoisotopic (exact) mass is 435 g/mol. The number of carbonyl (C=O) groups excluding carboxylic acids is 1. The van der Waals surface area contributed by atoms with Gasteiger partial charge in [0.1, 0.15) is 0 Å². The van der Waals surface area contributed by atoms with Crippen molar-refractivity contribution in [1.29, 1.82) is 0 Å². The summed E-state index contributed by atoms with van der Waals surface area (Å²) in [5.74, 6) is -0.116. The fraction of sp³-hybridized carbons (Fsp3) is 0.381. The Hall–Kier alpha value is -1.93. The SMILES string of the molecule is C[C@@H]1CNCCN1C(=O)c1cccc(S(=O)(=O)N2CCc3ccccc3C2)c1.Cl. The molecule has 1 saturated heterocycles. The van der Waals surface area contributed by atoms with Crippen molar-refractivity contribution in [2.45, 2.75) is 30.8 Å². The molecule has 0 saturated carbocycles. The average molecular weight is 436 g/mol. The first-order valence-electron chi connectivity index (χ1n) is 9.65. The summed E-state index contributed by atoms with van der Waals surface area (Å²) < 4.78 is 27.9. The van der Waals surface area contributed by atoms with Gasteiger partial charge in [0.25, 0.3) is 5.91 Å². The second kappa shape index (κ2) is 8.83. The molecule has 6 nitrogen and oxygen atoms in total. The van der Waals surface area contributed by atoms with Crippen LogP contribution in [0.4, 0.5) is 0 Å². The van der Waals surface area contributed by atoms with Gasteiger partial charge in [-0.15, -0.1) is 12.4 Å². The molecule has 1 amide bonds. The zero-order valence-corrected chi connectivity index (χ0v) is 18.0. The van der Waals surface area contributed by atoms with Gasteiger partial charge in [-0.3, -0.25) is 4.79 Å². The number of sulfonamides is 1. The first-order valence-corrected chi connectivity index (χ1v) is 11.1. The molecule has 2 aliphatic heterocycles. The summed E-state index contributed by atoms with van der Waals surface area (Å²) in [6.07, 6.45) is 0.701. The van der Waals surface area contributed by atoms with Gasteiger partial charge in [-0.05, 0) is 42.7 Å². The zero-order chi connectivity index (χ0) is 19.7. The summed E-state index contributed by atoms with van der Waals surface area (Å²) in [5, 5.41) is 3.26. The number of fused-ring (bicyclic) bond motifs is 1. The highest BCUT2D eigenvalue weighted by molar-refractivity contribution is 7.89. The van der Waals surface area contributed by atoms with Gasteiger partial charge in [0.15, 0.2) is 0 Å². The van der Waals surface area contributed by atoms with Gasteiger partial charge in [0.05, 0.1) is 4.90 Å². The lowest BCUT2D eigenvalue weighted by atomic mass is 10.0. The minimum absolute atomic E-state index is 0. The predicted octanol–water partition coefficient (Wildman–Crippen LogP) is 2.29. The highest BCUT2D eigenvalue weighted by Crippen LogP contribution is 2.25. The number of hydrogen-bond acceptors (Lipinski definition) is 4. The third-order valence-corrected chi connectivity index (χ3v) is 7.42. The van der Waals surface area contributed by atoms with Gasteiger partial charge in [-0.25, -0.2) is 8.42 Å². The number of halogens is 1. The average Bonchev–Trinajstić information content (AvgIpc) is 2.73. The van der Waals surface area contributed by atoms with Gasteiger partial charge in [-0.1, -0.05) is 30.3 Å². The van der Waals surface area contributed by atoms with E-state index in [-0.39, 0.29) is 29.3 Å². The van der Waals surface area contributed by atoms with Crippen molar-refractivity contribution < 1.29 is 13.2 Å². The quantitative estimate of drug-likeness (QED) is 0.803. The van der Waals surface area contributed by atoms with Crippen LogP contribution in [0.2, 0.25) is 0 Å². The van der Waals surface area contributed by atoms with Crippen molar-refractivity contribution in [3.63, 3.8) is 0 Å². The van der Waals surface area contributed by atoms with E-state index >= 15 is 0 Å². The molecule has 1 atom stereocenters. The lowest BCUT2D eigenvalue weighted by Crippen LogP contribution is -2.52. The van der Waals surface area contributed by atoms with Crippen molar-refractivity contribution in [2.75, 3.05) is 26.2 Å². The van der Waals surface area contributed by atoms with E-state index in [1.165, 1.54) is 15.9 Å². The predicted molar refractivity (Wildman–Crippen MR) is 115 cm³/mol. The molecule has 0 radical (unpaired) electrons. The molecule has 2 heterocycles. The van der Waals surface area contributed by atoms with E-state index < -0.39 is 10.0 Å². The minimum Gasteiger partial charge on any atom is -0.333 e. The zero-order valence-electron chi connectivity index (χ0n) is 16.4. The van der Waals surface area contributed by atoms with Crippen LogP contribution in [0, 0.1) is 0 Å². The molecule has 8 heteroatoms. The largest absolute Gasteiger partial charge is 0.333 e. The Morgan fingerprint density at radius 1 is 1.07 bits per heavy atom. The van der Waals surface area contributed by atoms with E-state index in [1.807, 2.05) is 31.2 Å². The molecule has 0 aliphatic carbocycles. The normalized spacial score (nSPS) is 19.9. The fourth-order valence-electron chi connectivity index (χ4n) is 3.92. The molecule has 1 N–H and O–H groups in total. The Kier molecular flexibility index (Phi) is 6.63. The van der Waals surface area contributed by atoms with Gasteiger partial charge >= 0.3 is 0 Å². The molecule has 1 fully saturated rings. The molecular formula is C21H26ClN3O3S. The van der Waals surface area contributed by atoms with E-state index in [4.69, 9.17) is 0 Å². The maximum absolute atomic E-state index is 13.2. The highest BCUT2D eigenvalue weighted by atomic mass is 35.5. The first-order chi connectivity index (χ1) is 13.5. The third kappa shape index (κ3) is 4.33. The Balaban J connectivity index is 0.00000240. The van der Waals surface area contributed by atoms with Crippen LogP contribution in [0.3, 0.4) is 0 Å². The molecule has 156 valence electrons. The van der Waals surface area contributed by atoms with Gasteiger partial charge in [-0.2, -0.15) is 4.31 Å². The van der Waals surface area contributed by atoms with E-state index in [9.17, 15) is 13.2 Å². The lowest BCUT2D eigenvalue weighted by molar-refractivity contribution is 0.0655. The van der Waals surface area contributed by atoms with E-state index in [0.29, 0.717) is 31.6 Å². The third-order valence-electron chi connectivity index (χ3n) is 5.58. The number of benzene rings is 2. The van der Waals surface area contributed by atoms with E-state index in [2.05, 4.69) is 5.32 Å². The summed E-state index contributed by atoms with van der Waals surface area (Å²) in [7, 11) is -3.65. The molecule has 0 bridgehead atoms. The molecule has 2 aromatic carbocycles. The molecule has 29 heavy (non-hydrogen) atoms. The van der Waals surface area contributed by atoms with Gasteiger partial charge < -0.3 is 10.2 Å². The number of nitrogens with zero attached hydrogens (tertiary/aromatic N) is 2. The van der Waals surface area contributed by atoms with Crippen LogP contribution in [0.1, 0.15) is 28.4 Å². The maximum Gasteiger partial charge on any atom is 0.254 e. The summed E-state index contributed by atoms with van der Waals surface area (Å²) >= 11 is 0. The molecule has 4 rings (SSSR count). The molecule has 2 aromatic rings. The van der Waals surface area contributed by atoms with Crippen LogP contribution in [0.15, 0.2) is 53.4 Å². The van der Waals surface area contributed by atoms with Crippen LogP contribution in [0.5, 0.6) is 0 Å². The lowest BCUT2D eigenvalue weighted by Gasteiger charge is -2.34. The van der Waals surface area contributed by atoms with Crippen LogP contribution in [0.25, 0.3) is 0 Å². The summed E-state index contributed by atoms with van der Waals surface area (Å²) in [5.41, 5.74) is 2.66. The maximum atomic E-state index is 13.2. The molecular weight excluding hydrogens is 410 g/mol. The van der Waals surface area contributed by atoms with Crippen molar-refractivity contribution in [2.24, 2.45) is 0 Å². The van der Waals surface area contributed by atoms with Gasteiger partial charge in [0.2, 0.25) is 10.0 Å². The number of nitrogens with one attached hydrogen (secondary N) is 1. The number of carbonyl (C=O) groups is 1. The van der Waals surface area contributed by atoms with Crippen LogP contribution in [-0.4, -0.2) is 55.8 Å². The van der Waals surface area contributed by atoms with E-state index in [0.717, 1.165) is 18.7 Å². The topological polar surface area (TPSA) is 69.7 Å². The number of rotatable bonds is 3. The van der Waals surface area contributed by atoms with Crippen LogP contribution < -0.4 is 5.32 Å². The van der Waals surface area contributed by atoms with Crippen molar-refractivity contribution in [1.82, 2.24) is 14.5 Å².